The van der Waals surface area contributed by atoms with Crippen molar-refractivity contribution >= 4 is 0 Å². The molecule has 0 saturated heterocycles. The first-order chi connectivity index (χ1) is 3.41. The zero-order valence-corrected chi connectivity index (χ0v) is 4.81. The molecule has 0 heteroatoms. The third-order valence-corrected chi connectivity index (χ3v) is 0.552. The third-order valence-electron chi connectivity index (χ3n) is 0.552. The van der Waals surface area contributed by atoms with Gasteiger partial charge in [-0.3, -0.25) is 0 Å². The molecule has 0 atom stereocenters. The smallest absolute Gasteiger partial charge is 0.0207 e. The summed E-state index contributed by atoms with van der Waals surface area (Å²) in [4.78, 5) is 0. The fourth-order valence-electron chi connectivity index (χ4n) is 0.248. The number of rotatable bonds is 1. The second-order valence-electron chi connectivity index (χ2n) is 1.15. The van der Waals surface area contributed by atoms with Crippen LogP contribution >= 0.6 is 0 Å². The van der Waals surface area contributed by atoms with Crippen molar-refractivity contribution in [3.8, 4) is 0 Å². The molecule has 0 N–H and O–H groups in total. The molecular weight excluding hydrogens is 84.1 g/mol. The van der Waals surface area contributed by atoms with Crippen molar-refractivity contribution in [2.24, 2.45) is 0 Å². The SMILES string of the molecule is CC=C=C/C=C/C. The fraction of sp³-hybridized carbons (Fsp3) is 0.286. The lowest BCUT2D eigenvalue weighted by atomic mass is 10.5. The molecule has 0 spiro atoms. The van der Waals surface area contributed by atoms with Crippen LogP contribution in [-0.2, 0) is 0 Å². The van der Waals surface area contributed by atoms with Crippen molar-refractivity contribution in [2.75, 3.05) is 0 Å². The Bertz CT molecular complexity index is 101. The molecule has 0 rings (SSSR count). The summed E-state index contributed by atoms with van der Waals surface area (Å²) >= 11 is 0. The Hall–Kier alpha value is -0.740. The van der Waals surface area contributed by atoms with Gasteiger partial charge in [0.25, 0.3) is 0 Å². The van der Waals surface area contributed by atoms with Crippen molar-refractivity contribution in [2.45, 2.75) is 13.8 Å². The van der Waals surface area contributed by atoms with Gasteiger partial charge in [0.05, 0.1) is 0 Å². The summed E-state index contributed by atoms with van der Waals surface area (Å²) in [5.74, 6) is 0. The van der Waals surface area contributed by atoms with Crippen LogP contribution in [0.5, 0.6) is 0 Å². The Morgan fingerprint density at radius 1 is 1.29 bits per heavy atom. The highest BCUT2D eigenvalue weighted by molar-refractivity contribution is 4.99. The van der Waals surface area contributed by atoms with Crippen LogP contribution in [-0.4, -0.2) is 0 Å². The number of hydrogen-bond donors (Lipinski definition) is 0. The maximum absolute atomic E-state index is 2.91. The van der Waals surface area contributed by atoms with E-state index in [1.165, 1.54) is 0 Å². The van der Waals surface area contributed by atoms with E-state index in [0.29, 0.717) is 0 Å². The molecule has 0 aliphatic rings. The normalized spacial score (nSPS) is 8.29. The van der Waals surface area contributed by atoms with E-state index in [4.69, 9.17) is 0 Å². The first kappa shape index (κ1) is 6.26. The molecule has 0 nitrogen and oxygen atoms in total. The van der Waals surface area contributed by atoms with Crippen molar-refractivity contribution < 1.29 is 0 Å². The van der Waals surface area contributed by atoms with Crippen LogP contribution in [0.25, 0.3) is 0 Å². The lowest BCUT2D eigenvalue weighted by molar-refractivity contribution is 1.72. The second kappa shape index (κ2) is 5.26. The average Bonchev–Trinajstić information content (AvgIpc) is 1.69. The van der Waals surface area contributed by atoms with E-state index in [0.717, 1.165) is 0 Å². The Morgan fingerprint density at radius 3 is 2.43 bits per heavy atom. The van der Waals surface area contributed by atoms with Crippen molar-refractivity contribution in [3.63, 3.8) is 0 Å². The van der Waals surface area contributed by atoms with Gasteiger partial charge in [-0.05, 0) is 26.0 Å². The minimum absolute atomic E-state index is 1.88. The fourth-order valence-corrected chi connectivity index (χ4v) is 0.248. The van der Waals surface area contributed by atoms with E-state index < -0.39 is 0 Å². The van der Waals surface area contributed by atoms with Crippen LogP contribution in [0.2, 0.25) is 0 Å². The van der Waals surface area contributed by atoms with Crippen molar-refractivity contribution in [1.29, 1.82) is 0 Å². The summed E-state index contributed by atoms with van der Waals surface area (Å²) in [6.07, 6.45) is 7.66. The summed E-state index contributed by atoms with van der Waals surface area (Å²) in [6.45, 7) is 3.92. The van der Waals surface area contributed by atoms with Gasteiger partial charge in [0.1, 0.15) is 0 Å². The maximum atomic E-state index is 2.91. The summed E-state index contributed by atoms with van der Waals surface area (Å²) in [5, 5.41) is 0. The highest BCUT2D eigenvalue weighted by Gasteiger charge is 1.48. The Balaban J connectivity index is 3.48. The van der Waals surface area contributed by atoms with Gasteiger partial charge < -0.3 is 0 Å². The van der Waals surface area contributed by atoms with Gasteiger partial charge in [0.15, 0.2) is 0 Å². The lowest BCUT2D eigenvalue weighted by Gasteiger charge is -1.60. The number of hydrogen-bond acceptors (Lipinski definition) is 0. The second-order valence-corrected chi connectivity index (χ2v) is 1.15. The van der Waals surface area contributed by atoms with Gasteiger partial charge in [-0.2, -0.15) is 0 Å². The van der Waals surface area contributed by atoms with Crippen molar-refractivity contribution in [1.82, 2.24) is 0 Å². The molecule has 0 radical (unpaired) electrons. The van der Waals surface area contributed by atoms with E-state index in [9.17, 15) is 0 Å². The molecule has 0 fully saturated rings. The van der Waals surface area contributed by atoms with E-state index in [-0.39, 0.29) is 0 Å². The van der Waals surface area contributed by atoms with Crippen LogP contribution in [0.15, 0.2) is 30.0 Å². The van der Waals surface area contributed by atoms with Gasteiger partial charge in [-0.1, -0.05) is 12.2 Å². The molecule has 0 aliphatic heterocycles. The Kier molecular flexibility index (Phi) is 4.70. The molecule has 0 aromatic heterocycles. The molecule has 0 aliphatic carbocycles. The zero-order chi connectivity index (χ0) is 5.54. The molecule has 38 valence electrons. The average molecular weight is 94.2 g/mol. The third kappa shape index (κ3) is 5.26. The van der Waals surface area contributed by atoms with Gasteiger partial charge >= 0.3 is 0 Å². The Morgan fingerprint density at radius 2 is 2.00 bits per heavy atom. The van der Waals surface area contributed by atoms with E-state index in [1.54, 1.807) is 0 Å². The van der Waals surface area contributed by atoms with Gasteiger partial charge in [0.2, 0.25) is 0 Å². The van der Waals surface area contributed by atoms with Crippen LogP contribution in [0.1, 0.15) is 13.8 Å². The molecule has 0 amide bonds. The summed E-state index contributed by atoms with van der Waals surface area (Å²) in [5.41, 5.74) is 2.91. The topological polar surface area (TPSA) is 0 Å². The molecule has 0 unspecified atom stereocenters. The summed E-state index contributed by atoms with van der Waals surface area (Å²) < 4.78 is 0. The first-order valence-electron chi connectivity index (χ1n) is 2.40. The van der Waals surface area contributed by atoms with E-state index in [1.807, 2.05) is 38.2 Å². The zero-order valence-electron chi connectivity index (χ0n) is 4.81. The molecule has 0 aromatic rings. The molecule has 0 saturated carbocycles. The highest BCUT2D eigenvalue weighted by atomic mass is 13.6. The van der Waals surface area contributed by atoms with Gasteiger partial charge in [-0.25, -0.2) is 0 Å². The molecule has 7 heavy (non-hydrogen) atoms. The number of allylic oxidation sites excluding steroid dienone is 3. The predicted molar refractivity (Wildman–Crippen MR) is 33.1 cm³/mol. The van der Waals surface area contributed by atoms with E-state index >= 15 is 0 Å². The monoisotopic (exact) mass is 94.1 g/mol. The Labute approximate surface area is 44.9 Å². The van der Waals surface area contributed by atoms with Crippen LogP contribution in [0.4, 0.5) is 0 Å². The van der Waals surface area contributed by atoms with Crippen molar-refractivity contribution in [3.05, 3.63) is 30.0 Å². The largest absolute Gasteiger partial charge is 0.126 e. The van der Waals surface area contributed by atoms with Crippen LogP contribution in [0, 0.1) is 0 Å². The standard InChI is InChI=1S/C7H10/c1-3-5-7-6-4-2/h3-5,7H,1-2H3/b5-3+. The first-order valence-corrected chi connectivity index (χ1v) is 2.40. The molecular formula is C7H10. The summed E-state index contributed by atoms with van der Waals surface area (Å²) in [7, 11) is 0. The van der Waals surface area contributed by atoms with Crippen LogP contribution < -0.4 is 0 Å². The van der Waals surface area contributed by atoms with Crippen LogP contribution in [0.3, 0.4) is 0 Å². The minimum Gasteiger partial charge on any atom is -0.126 e. The van der Waals surface area contributed by atoms with Gasteiger partial charge in [-0.15, -0.1) is 5.73 Å². The quantitative estimate of drug-likeness (QED) is 0.345. The minimum atomic E-state index is 1.88. The molecule has 0 aromatic carbocycles. The maximum Gasteiger partial charge on any atom is -0.0207 e. The summed E-state index contributed by atoms with van der Waals surface area (Å²) in [6, 6.07) is 0. The van der Waals surface area contributed by atoms with E-state index in [2.05, 4.69) is 5.73 Å². The highest BCUT2D eigenvalue weighted by Crippen LogP contribution is 1.70. The molecule has 0 bridgehead atoms. The van der Waals surface area contributed by atoms with Gasteiger partial charge in [0, 0.05) is 0 Å². The lowest BCUT2D eigenvalue weighted by Crippen LogP contribution is -1.38. The molecule has 0 heterocycles. The predicted octanol–water partition coefficient (Wildman–Crippen LogP) is 2.29.